The summed E-state index contributed by atoms with van der Waals surface area (Å²) in [6.07, 6.45) is 2.08. The molecule has 16 heavy (non-hydrogen) atoms. The second-order valence-corrected chi connectivity index (χ2v) is 3.88. The molecule has 0 saturated carbocycles. The van der Waals surface area contributed by atoms with Crippen LogP contribution in [0.1, 0.15) is 29.8 Å². The van der Waals surface area contributed by atoms with Crippen LogP contribution in [-0.2, 0) is 13.5 Å². The van der Waals surface area contributed by atoms with Crippen LogP contribution in [0, 0.1) is 0 Å². The Labute approximate surface area is 95.3 Å². The molecular weight excluding hydrogens is 200 g/mol. The Morgan fingerprint density at radius 2 is 2.19 bits per heavy atom. The van der Waals surface area contributed by atoms with Crippen LogP contribution in [0.3, 0.4) is 0 Å². The summed E-state index contributed by atoms with van der Waals surface area (Å²) in [5.74, 6) is 0. The van der Waals surface area contributed by atoms with Crippen molar-refractivity contribution < 1.29 is 5.11 Å². The highest BCUT2D eigenvalue weighted by Crippen LogP contribution is 2.21. The number of aromatic nitrogens is 2. The van der Waals surface area contributed by atoms with Gasteiger partial charge < -0.3 is 5.11 Å². The Hall–Kier alpha value is -1.61. The zero-order chi connectivity index (χ0) is 11.5. The van der Waals surface area contributed by atoms with E-state index >= 15 is 0 Å². The van der Waals surface area contributed by atoms with Crippen molar-refractivity contribution in [3.63, 3.8) is 0 Å². The molecule has 0 radical (unpaired) electrons. The number of benzene rings is 1. The lowest BCUT2D eigenvalue weighted by atomic mass is 10.0. The fraction of sp³-hybridized carbons (Fsp3) is 0.308. The van der Waals surface area contributed by atoms with Gasteiger partial charge in [0.1, 0.15) is 6.10 Å². The van der Waals surface area contributed by atoms with Crippen molar-refractivity contribution >= 4 is 0 Å². The minimum absolute atomic E-state index is 0.598. The van der Waals surface area contributed by atoms with Crippen molar-refractivity contribution in [2.75, 3.05) is 0 Å². The summed E-state index contributed by atoms with van der Waals surface area (Å²) in [5.41, 5.74) is 2.97. The molecule has 0 aliphatic heterocycles. The van der Waals surface area contributed by atoms with Gasteiger partial charge in [-0.05, 0) is 23.6 Å². The molecule has 1 aromatic carbocycles. The topological polar surface area (TPSA) is 38.1 Å². The summed E-state index contributed by atoms with van der Waals surface area (Å²) in [6.45, 7) is 2.11. The number of aliphatic hydroxyl groups excluding tert-OH is 1. The van der Waals surface area contributed by atoms with Gasteiger partial charge in [-0.2, -0.15) is 5.10 Å². The lowest BCUT2D eigenvalue weighted by molar-refractivity contribution is 0.209. The first-order chi connectivity index (χ1) is 7.72. The van der Waals surface area contributed by atoms with Crippen LogP contribution in [0.15, 0.2) is 36.5 Å². The molecule has 0 aliphatic carbocycles. The van der Waals surface area contributed by atoms with Gasteiger partial charge in [-0.15, -0.1) is 0 Å². The molecule has 1 unspecified atom stereocenters. The van der Waals surface area contributed by atoms with Crippen LogP contribution < -0.4 is 0 Å². The van der Waals surface area contributed by atoms with E-state index in [9.17, 15) is 5.11 Å². The van der Waals surface area contributed by atoms with Gasteiger partial charge >= 0.3 is 0 Å². The molecule has 0 spiro atoms. The van der Waals surface area contributed by atoms with Gasteiger partial charge in [0.2, 0.25) is 0 Å². The highest BCUT2D eigenvalue weighted by molar-refractivity contribution is 5.29. The average molecular weight is 216 g/mol. The molecule has 2 rings (SSSR count). The van der Waals surface area contributed by atoms with E-state index in [0.29, 0.717) is 0 Å². The zero-order valence-electron chi connectivity index (χ0n) is 9.59. The van der Waals surface area contributed by atoms with Crippen molar-refractivity contribution in [1.29, 1.82) is 0 Å². The van der Waals surface area contributed by atoms with E-state index in [1.54, 1.807) is 10.9 Å². The van der Waals surface area contributed by atoms with E-state index in [0.717, 1.165) is 17.7 Å². The molecule has 0 saturated heterocycles. The summed E-state index contributed by atoms with van der Waals surface area (Å²) < 4.78 is 1.70. The number of aryl methyl sites for hydroxylation is 2. The summed E-state index contributed by atoms with van der Waals surface area (Å²) >= 11 is 0. The van der Waals surface area contributed by atoms with Crippen molar-refractivity contribution in [3.05, 3.63) is 53.3 Å². The van der Waals surface area contributed by atoms with Gasteiger partial charge in [0, 0.05) is 13.2 Å². The largest absolute Gasteiger partial charge is 0.382 e. The summed E-state index contributed by atoms with van der Waals surface area (Å²) in [4.78, 5) is 0. The zero-order valence-corrected chi connectivity index (χ0v) is 9.59. The Kier molecular flexibility index (Phi) is 3.06. The highest BCUT2D eigenvalue weighted by Gasteiger charge is 2.13. The predicted molar refractivity (Wildman–Crippen MR) is 63.1 cm³/mol. The van der Waals surface area contributed by atoms with E-state index in [1.165, 1.54) is 5.56 Å². The Bertz CT molecular complexity index is 476. The standard InChI is InChI=1S/C13H16N2O/c1-3-10-5-4-6-11(9-10)13(16)12-7-8-14-15(12)2/h4-9,13,16H,3H2,1-2H3. The van der Waals surface area contributed by atoms with Crippen LogP contribution in [0.4, 0.5) is 0 Å². The van der Waals surface area contributed by atoms with Crippen LogP contribution in [0.5, 0.6) is 0 Å². The molecule has 3 heteroatoms. The number of rotatable bonds is 3. The molecule has 0 fully saturated rings. The molecule has 0 bridgehead atoms. The van der Waals surface area contributed by atoms with E-state index in [-0.39, 0.29) is 0 Å². The molecule has 1 N–H and O–H groups in total. The molecule has 1 aromatic heterocycles. The fourth-order valence-corrected chi connectivity index (χ4v) is 1.81. The Morgan fingerprint density at radius 1 is 1.38 bits per heavy atom. The number of hydrogen-bond acceptors (Lipinski definition) is 2. The highest BCUT2D eigenvalue weighted by atomic mass is 16.3. The van der Waals surface area contributed by atoms with Gasteiger partial charge in [-0.3, -0.25) is 4.68 Å². The SMILES string of the molecule is CCc1cccc(C(O)c2ccnn2C)c1. The molecule has 3 nitrogen and oxygen atoms in total. The maximum Gasteiger partial charge on any atom is 0.121 e. The normalized spacial score (nSPS) is 12.7. The van der Waals surface area contributed by atoms with Crippen molar-refractivity contribution in [1.82, 2.24) is 9.78 Å². The minimum Gasteiger partial charge on any atom is -0.382 e. The third-order valence-corrected chi connectivity index (χ3v) is 2.81. The first kappa shape index (κ1) is 10.9. The van der Waals surface area contributed by atoms with E-state index in [1.807, 2.05) is 31.3 Å². The molecule has 84 valence electrons. The Morgan fingerprint density at radius 3 is 2.81 bits per heavy atom. The van der Waals surface area contributed by atoms with E-state index < -0.39 is 6.10 Å². The lowest BCUT2D eigenvalue weighted by Crippen LogP contribution is -2.06. The third-order valence-electron chi connectivity index (χ3n) is 2.81. The fourth-order valence-electron chi connectivity index (χ4n) is 1.81. The minimum atomic E-state index is -0.598. The summed E-state index contributed by atoms with van der Waals surface area (Å²) in [7, 11) is 1.84. The number of nitrogens with zero attached hydrogens (tertiary/aromatic N) is 2. The van der Waals surface area contributed by atoms with Crippen LogP contribution >= 0.6 is 0 Å². The van der Waals surface area contributed by atoms with Crippen molar-refractivity contribution in [3.8, 4) is 0 Å². The third kappa shape index (κ3) is 1.99. The maximum atomic E-state index is 10.2. The quantitative estimate of drug-likeness (QED) is 0.852. The first-order valence-electron chi connectivity index (χ1n) is 5.47. The smallest absolute Gasteiger partial charge is 0.121 e. The second kappa shape index (κ2) is 4.49. The molecule has 0 aliphatic rings. The van der Waals surface area contributed by atoms with Crippen molar-refractivity contribution in [2.45, 2.75) is 19.4 Å². The van der Waals surface area contributed by atoms with E-state index in [4.69, 9.17) is 0 Å². The lowest BCUT2D eigenvalue weighted by Gasteiger charge is -2.12. The van der Waals surface area contributed by atoms with E-state index in [2.05, 4.69) is 18.1 Å². The summed E-state index contributed by atoms with van der Waals surface area (Å²) in [5, 5.41) is 14.3. The molecule has 1 atom stereocenters. The molecule has 1 heterocycles. The molecule has 0 amide bonds. The maximum absolute atomic E-state index is 10.2. The molecule has 2 aromatic rings. The molecular formula is C13H16N2O. The van der Waals surface area contributed by atoms with Crippen LogP contribution in [0.2, 0.25) is 0 Å². The van der Waals surface area contributed by atoms with Crippen molar-refractivity contribution in [2.24, 2.45) is 7.05 Å². The Balaban J connectivity index is 2.33. The van der Waals surface area contributed by atoms with Gasteiger partial charge in [0.25, 0.3) is 0 Å². The monoisotopic (exact) mass is 216 g/mol. The second-order valence-electron chi connectivity index (χ2n) is 3.88. The van der Waals surface area contributed by atoms with Crippen LogP contribution in [-0.4, -0.2) is 14.9 Å². The van der Waals surface area contributed by atoms with Gasteiger partial charge in [0.15, 0.2) is 0 Å². The predicted octanol–water partition coefficient (Wildman–Crippen LogP) is 2.06. The van der Waals surface area contributed by atoms with Crippen LogP contribution in [0.25, 0.3) is 0 Å². The van der Waals surface area contributed by atoms with Gasteiger partial charge in [-0.1, -0.05) is 31.2 Å². The summed E-state index contributed by atoms with van der Waals surface area (Å²) in [6, 6.07) is 9.87. The first-order valence-corrected chi connectivity index (χ1v) is 5.47. The average Bonchev–Trinajstić information content (AvgIpc) is 2.74. The number of aliphatic hydroxyl groups is 1. The van der Waals surface area contributed by atoms with Gasteiger partial charge in [0.05, 0.1) is 5.69 Å². The van der Waals surface area contributed by atoms with Gasteiger partial charge in [-0.25, -0.2) is 0 Å². The number of hydrogen-bond donors (Lipinski definition) is 1.